The monoisotopic (exact) mass is 165 g/mol. The first-order valence-corrected chi connectivity index (χ1v) is 0.855. The minimum Gasteiger partial charge on any atom is -0.565 e. The third-order valence-electron chi connectivity index (χ3n) is 0. The number of hydrogen-bond donors (Lipinski definition) is 1. The summed E-state index contributed by atoms with van der Waals surface area (Å²) in [7, 11) is 0. The summed E-state index contributed by atoms with van der Waals surface area (Å²) >= 11 is 0. The molecule has 0 saturated carbocycles. The molecule has 0 radical (unpaired) electrons. The summed E-state index contributed by atoms with van der Waals surface area (Å²) in [4.78, 5) is 8.44. The molecule has 0 fully saturated rings. The maximum atomic E-state index is 8.44. The number of carboxylic acid groups (broad SMARTS) is 2. The predicted octanol–water partition coefficient (Wildman–Crippen LogP) is -7.01. The molecule has 0 aromatic carbocycles. The van der Waals surface area contributed by atoms with Gasteiger partial charge in [0.15, 0.2) is 0 Å². The standard InChI is InChI=1S/CN.CH2O3.2K/c1-2;2-1(3)4;;/h;(H2,2,3,4);;/q-1;;2*+1/p-1. The third kappa shape index (κ3) is 96.2. The Balaban J connectivity index is -0.0000000183. The molecule has 0 aliphatic rings. The average Bonchev–Trinajstić information content (AvgIpc) is 1.41. The van der Waals surface area contributed by atoms with Crippen LogP contribution in [0.2, 0.25) is 0 Å². The van der Waals surface area contributed by atoms with Crippen molar-refractivity contribution >= 4 is 6.16 Å². The van der Waals surface area contributed by atoms with E-state index in [0.717, 1.165) is 0 Å². The van der Waals surface area contributed by atoms with Gasteiger partial charge in [-0.3, -0.25) is 0 Å². The van der Waals surface area contributed by atoms with Crippen LogP contribution in [0.3, 0.4) is 0 Å². The molecule has 34 valence electrons. The number of nitrogens with zero attached hydrogens (tertiary/aromatic N) is 1. The van der Waals surface area contributed by atoms with Crippen molar-refractivity contribution in [3.8, 4) is 0 Å². The summed E-state index contributed by atoms with van der Waals surface area (Å²) in [5.41, 5.74) is 0. The topological polar surface area (TPSA) is 84.2 Å². The minimum atomic E-state index is -2.08. The number of rotatable bonds is 0. The zero-order valence-electron chi connectivity index (χ0n) is 4.71. The van der Waals surface area contributed by atoms with Crippen molar-refractivity contribution in [1.29, 1.82) is 5.26 Å². The second kappa shape index (κ2) is 23.0. The maximum Gasteiger partial charge on any atom is 1.00 e. The van der Waals surface area contributed by atoms with Crippen molar-refractivity contribution in [2.24, 2.45) is 0 Å². The van der Waals surface area contributed by atoms with E-state index >= 15 is 0 Å². The van der Waals surface area contributed by atoms with E-state index in [2.05, 4.69) is 0 Å². The zero-order chi connectivity index (χ0) is 5.58. The normalized spacial score (nSPS) is 3.25. The van der Waals surface area contributed by atoms with E-state index in [9.17, 15) is 0 Å². The van der Waals surface area contributed by atoms with Gasteiger partial charge >= 0.3 is 103 Å². The van der Waals surface area contributed by atoms with Crippen LogP contribution in [-0.2, 0) is 0 Å². The predicted molar refractivity (Wildman–Crippen MR) is 13.0 cm³/mol. The van der Waals surface area contributed by atoms with Crippen LogP contribution in [0.4, 0.5) is 4.79 Å². The summed E-state index contributed by atoms with van der Waals surface area (Å²) in [5, 5.41) is 21.6. The van der Waals surface area contributed by atoms with Crippen molar-refractivity contribution in [1.82, 2.24) is 0 Å². The van der Waals surface area contributed by atoms with Gasteiger partial charge < -0.3 is 26.8 Å². The first-order valence-electron chi connectivity index (χ1n) is 0.855. The minimum absolute atomic E-state index is 0. The molecule has 0 aromatic rings. The van der Waals surface area contributed by atoms with Gasteiger partial charge in [-0.2, -0.15) is 0 Å². The summed E-state index contributed by atoms with van der Waals surface area (Å²) in [6.45, 7) is 4.75. The fourth-order valence-corrected chi connectivity index (χ4v) is 0. The van der Waals surface area contributed by atoms with Crippen LogP contribution in [0.25, 0.3) is 0 Å². The van der Waals surface area contributed by atoms with Gasteiger partial charge in [0.05, 0.1) is 0 Å². The number of hydrogen-bond acceptors (Lipinski definition) is 3. The molecule has 0 heterocycles. The van der Waals surface area contributed by atoms with E-state index in [-0.39, 0.29) is 103 Å². The van der Waals surface area contributed by atoms with Gasteiger partial charge in [-0.05, 0) is 0 Å². The summed E-state index contributed by atoms with van der Waals surface area (Å²) in [6.07, 6.45) is -2.08. The third-order valence-corrected chi connectivity index (χ3v) is 0. The molecule has 8 heavy (non-hydrogen) atoms. The van der Waals surface area contributed by atoms with Crippen molar-refractivity contribution < 1.29 is 118 Å². The molecular weight excluding hydrogens is 164 g/mol. The Labute approximate surface area is 132 Å². The van der Waals surface area contributed by atoms with Gasteiger partial charge in [0, 0.05) is 0 Å². The van der Waals surface area contributed by atoms with Crippen molar-refractivity contribution in [3.63, 3.8) is 0 Å². The second-order valence-corrected chi connectivity index (χ2v) is 0.266. The van der Waals surface area contributed by atoms with Crippen LogP contribution in [0.15, 0.2) is 0 Å². The van der Waals surface area contributed by atoms with Crippen LogP contribution < -0.4 is 108 Å². The summed E-state index contributed by atoms with van der Waals surface area (Å²) in [6, 6.07) is 0. The van der Waals surface area contributed by atoms with Gasteiger partial charge in [0.25, 0.3) is 0 Å². The van der Waals surface area contributed by atoms with Crippen LogP contribution >= 0.6 is 0 Å². The van der Waals surface area contributed by atoms with E-state index < -0.39 is 6.16 Å². The zero-order valence-corrected chi connectivity index (χ0v) is 11.0. The summed E-state index contributed by atoms with van der Waals surface area (Å²) < 4.78 is 0. The molecule has 0 saturated heterocycles. The first-order chi connectivity index (χ1) is 2.73. The van der Waals surface area contributed by atoms with Gasteiger partial charge in [-0.15, -0.1) is 0 Å². The number of carbonyl (C=O) groups is 1. The van der Waals surface area contributed by atoms with Crippen LogP contribution in [0, 0.1) is 11.8 Å². The largest absolute Gasteiger partial charge is 1.00 e. The Bertz CT molecular complexity index is 59.5. The molecule has 0 aliphatic carbocycles. The molecule has 0 aliphatic heterocycles. The van der Waals surface area contributed by atoms with E-state index in [0.29, 0.717) is 0 Å². The molecule has 6 heteroatoms. The molecule has 0 spiro atoms. The van der Waals surface area contributed by atoms with E-state index in [4.69, 9.17) is 26.8 Å². The maximum absolute atomic E-state index is 8.44. The average molecular weight is 165 g/mol. The van der Waals surface area contributed by atoms with Crippen LogP contribution in [0.5, 0.6) is 0 Å². The molecule has 0 unspecified atom stereocenters. The van der Waals surface area contributed by atoms with Crippen molar-refractivity contribution in [3.05, 3.63) is 6.57 Å². The van der Waals surface area contributed by atoms with Gasteiger partial charge in [-0.25, -0.2) is 0 Å². The van der Waals surface area contributed by atoms with Crippen LogP contribution in [-0.4, -0.2) is 11.3 Å². The smallest absolute Gasteiger partial charge is 0.565 e. The van der Waals surface area contributed by atoms with Crippen LogP contribution in [0.1, 0.15) is 0 Å². The van der Waals surface area contributed by atoms with Gasteiger partial charge in [-0.1, -0.05) is 0 Å². The van der Waals surface area contributed by atoms with E-state index in [1.54, 1.807) is 0 Å². The fraction of sp³-hybridized carbons (Fsp3) is 0. The molecule has 0 bridgehead atoms. The van der Waals surface area contributed by atoms with Gasteiger partial charge in [0.1, 0.15) is 0 Å². The molecule has 0 aromatic heterocycles. The fourth-order valence-electron chi connectivity index (χ4n) is 0. The Morgan fingerprint density at radius 2 is 1.50 bits per heavy atom. The van der Waals surface area contributed by atoms with E-state index in [1.165, 1.54) is 0 Å². The Hall–Kier alpha value is 2.03. The Kier molecular flexibility index (Phi) is 64.7. The van der Waals surface area contributed by atoms with E-state index in [1.807, 2.05) is 0 Å². The van der Waals surface area contributed by atoms with Crippen molar-refractivity contribution in [2.75, 3.05) is 0 Å². The molecule has 4 nitrogen and oxygen atoms in total. The molecule has 1 N–H and O–H groups in total. The molecule has 0 amide bonds. The first kappa shape index (κ1) is 22.5. The second-order valence-electron chi connectivity index (χ2n) is 0.266. The molecule has 0 rings (SSSR count). The van der Waals surface area contributed by atoms with Gasteiger partial charge in [0.2, 0.25) is 6.16 Å². The van der Waals surface area contributed by atoms with Crippen molar-refractivity contribution in [2.45, 2.75) is 0 Å². The summed E-state index contributed by atoms with van der Waals surface area (Å²) in [5.74, 6) is 0. The quantitative estimate of drug-likeness (QED) is 0.285. The molecule has 0 atom stereocenters. The Morgan fingerprint density at radius 3 is 1.50 bits per heavy atom. The molecular formula is C2HK2NO3. The SMILES string of the molecule is O=C([O-])O.[C-]#N.[K+].[K+]. The Morgan fingerprint density at radius 1 is 1.50 bits per heavy atom.